The number of fused-ring (bicyclic) bond motifs is 2. The number of allylic oxidation sites excluding steroid dienone is 1. The van der Waals surface area contributed by atoms with Crippen LogP contribution in [-0.4, -0.2) is 29.4 Å². The highest BCUT2D eigenvalue weighted by atomic mass is 16.5. The van der Waals surface area contributed by atoms with Crippen LogP contribution < -0.4 is 10.1 Å². The van der Waals surface area contributed by atoms with Gasteiger partial charge in [-0.1, -0.05) is 12.1 Å². The number of anilines is 1. The number of hydrogen-bond acceptors (Lipinski definition) is 5. The Kier molecular flexibility index (Phi) is 5.45. The number of carbonyl (C=O) groups is 3. The molecule has 1 spiro atoms. The van der Waals surface area contributed by atoms with Crippen molar-refractivity contribution in [2.45, 2.75) is 37.5 Å². The lowest BCUT2D eigenvalue weighted by atomic mass is 9.85. The van der Waals surface area contributed by atoms with Crippen LogP contribution in [0.4, 0.5) is 5.69 Å². The van der Waals surface area contributed by atoms with Crippen molar-refractivity contribution in [2.75, 3.05) is 11.9 Å². The van der Waals surface area contributed by atoms with E-state index < -0.39 is 5.97 Å². The number of nitrogens with one attached hydrogen (secondary N) is 1. The minimum atomic E-state index is -1.04. The van der Waals surface area contributed by atoms with Gasteiger partial charge >= 0.3 is 5.97 Å². The molecule has 7 heteroatoms. The van der Waals surface area contributed by atoms with Gasteiger partial charge in [0, 0.05) is 40.1 Å². The zero-order valence-electron chi connectivity index (χ0n) is 18.5. The summed E-state index contributed by atoms with van der Waals surface area (Å²) in [6.45, 7) is 0.516. The lowest BCUT2D eigenvalue weighted by Gasteiger charge is -2.27. The van der Waals surface area contributed by atoms with E-state index in [0.29, 0.717) is 42.7 Å². The van der Waals surface area contributed by atoms with Gasteiger partial charge in [0.15, 0.2) is 5.78 Å². The van der Waals surface area contributed by atoms with Crippen LogP contribution in [0, 0.1) is 23.2 Å². The van der Waals surface area contributed by atoms with E-state index in [0.717, 1.165) is 35.8 Å². The molecule has 1 aliphatic heterocycles. The number of hydrogen-bond donors (Lipinski definition) is 2. The average molecular weight is 456 g/mol. The fraction of sp³-hybridized carbons (Fsp3) is 0.333. The van der Waals surface area contributed by atoms with Crippen LogP contribution in [0.2, 0.25) is 0 Å². The molecular weight excluding hydrogens is 432 g/mol. The summed E-state index contributed by atoms with van der Waals surface area (Å²) in [5.74, 6) is -0.438. The zero-order chi connectivity index (χ0) is 23.9. The smallest absolute Gasteiger partial charge is 0.327 e. The second kappa shape index (κ2) is 8.45. The minimum Gasteiger partial charge on any atom is -0.493 e. The molecule has 0 radical (unpaired) electrons. The first kappa shape index (κ1) is 21.9. The van der Waals surface area contributed by atoms with Gasteiger partial charge in [-0.25, -0.2) is 4.79 Å². The summed E-state index contributed by atoms with van der Waals surface area (Å²) in [5, 5.41) is 21.1. The van der Waals surface area contributed by atoms with E-state index in [2.05, 4.69) is 11.4 Å². The third-order valence-corrected chi connectivity index (χ3v) is 7.04. The summed E-state index contributed by atoms with van der Waals surface area (Å²) in [6.07, 6.45) is 6.12. The number of ketones is 1. The Morgan fingerprint density at radius 1 is 1.21 bits per heavy atom. The Labute approximate surface area is 197 Å². The number of benzene rings is 2. The predicted molar refractivity (Wildman–Crippen MR) is 124 cm³/mol. The largest absolute Gasteiger partial charge is 0.493 e. The summed E-state index contributed by atoms with van der Waals surface area (Å²) in [7, 11) is 0. The van der Waals surface area contributed by atoms with Gasteiger partial charge in [-0.15, -0.1) is 0 Å². The van der Waals surface area contributed by atoms with Gasteiger partial charge in [-0.3, -0.25) is 9.59 Å². The Bertz CT molecular complexity index is 1270. The number of nitriles is 1. The molecule has 0 aromatic heterocycles. The van der Waals surface area contributed by atoms with E-state index in [4.69, 9.17) is 9.84 Å². The molecule has 0 bridgehead atoms. The molecule has 7 nitrogen and oxygen atoms in total. The Morgan fingerprint density at radius 3 is 2.76 bits per heavy atom. The third-order valence-electron chi connectivity index (χ3n) is 7.04. The van der Waals surface area contributed by atoms with Crippen molar-refractivity contribution in [3.05, 3.63) is 70.8 Å². The first-order valence-corrected chi connectivity index (χ1v) is 11.5. The van der Waals surface area contributed by atoms with Crippen molar-refractivity contribution >= 4 is 23.3 Å². The van der Waals surface area contributed by atoms with Crippen molar-refractivity contribution in [2.24, 2.45) is 11.8 Å². The molecule has 2 N–H and O–H groups in total. The molecule has 34 heavy (non-hydrogen) atoms. The number of nitrogens with zero attached hydrogens (tertiary/aromatic N) is 1. The van der Waals surface area contributed by atoms with Gasteiger partial charge in [0.05, 0.1) is 18.2 Å². The number of carboxylic acid groups (broad SMARTS) is 1. The lowest BCUT2D eigenvalue weighted by Crippen LogP contribution is -2.27. The summed E-state index contributed by atoms with van der Waals surface area (Å²) >= 11 is 0. The SMILES string of the molecule is N#Cc1ccc(CC=CC(=O)O)c(NC(=O)[C@@H]2C[C@]23CCOc2ccc(C(=O)C4CC4)cc23)c1. The van der Waals surface area contributed by atoms with Gasteiger partial charge in [0.2, 0.25) is 5.91 Å². The monoisotopic (exact) mass is 456 g/mol. The van der Waals surface area contributed by atoms with Gasteiger partial charge in [0.1, 0.15) is 5.75 Å². The second-order valence-corrected chi connectivity index (χ2v) is 9.28. The van der Waals surface area contributed by atoms with Crippen molar-refractivity contribution in [3.63, 3.8) is 0 Å². The number of carboxylic acids is 1. The second-order valence-electron chi connectivity index (χ2n) is 9.28. The van der Waals surface area contributed by atoms with Crippen LogP contribution in [0.15, 0.2) is 48.6 Å². The van der Waals surface area contributed by atoms with E-state index in [-0.39, 0.29) is 28.9 Å². The maximum absolute atomic E-state index is 13.3. The fourth-order valence-electron chi connectivity index (χ4n) is 4.93. The van der Waals surface area contributed by atoms with Crippen molar-refractivity contribution in [3.8, 4) is 11.8 Å². The van der Waals surface area contributed by atoms with Crippen molar-refractivity contribution in [1.29, 1.82) is 5.26 Å². The van der Waals surface area contributed by atoms with E-state index in [1.54, 1.807) is 18.2 Å². The Hall–Kier alpha value is -3.92. The number of rotatable bonds is 7. The molecule has 172 valence electrons. The van der Waals surface area contributed by atoms with Crippen LogP contribution in [0.5, 0.6) is 5.75 Å². The van der Waals surface area contributed by atoms with E-state index in [9.17, 15) is 19.6 Å². The normalized spacial score (nSPS) is 22.5. The Morgan fingerprint density at radius 2 is 2.03 bits per heavy atom. The van der Waals surface area contributed by atoms with Gasteiger partial charge in [0.25, 0.3) is 0 Å². The molecule has 3 aliphatic rings. The van der Waals surface area contributed by atoms with E-state index >= 15 is 0 Å². The standard InChI is InChI=1S/C27H24N2O5/c28-15-16-4-5-17(2-1-3-24(30)31)22(12-16)29-26(33)21-14-27(21)10-11-34-23-9-8-19(13-20(23)27)25(32)18-6-7-18/h1,3-5,8-9,12-13,18,21H,2,6-7,10-11,14H2,(H,29,33)(H,30,31)/t21-,27-/m0/s1. The van der Waals surface area contributed by atoms with Crippen molar-refractivity contribution in [1.82, 2.24) is 0 Å². The quantitative estimate of drug-likeness (QED) is 0.480. The maximum atomic E-state index is 13.3. The summed E-state index contributed by atoms with van der Waals surface area (Å²) < 4.78 is 5.83. The number of carbonyl (C=O) groups excluding carboxylic acids is 2. The molecular formula is C27H24N2O5. The van der Waals surface area contributed by atoms with Gasteiger partial charge in [-0.2, -0.15) is 5.26 Å². The lowest BCUT2D eigenvalue weighted by molar-refractivity contribution is -0.131. The molecule has 2 aromatic rings. The highest BCUT2D eigenvalue weighted by Gasteiger charge is 2.61. The average Bonchev–Trinajstić information content (AvgIpc) is 3.75. The molecule has 2 saturated carbocycles. The molecule has 2 aliphatic carbocycles. The molecule has 1 amide bonds. The molecule has 2 fully saturated rings. The van der Waals surface area contributed by atoms with Gasteiger partial charge in [-0.05, 0) is 68.0 Å². The molecule has 5 rings (SSSR count). The molecule has 1 heterocycles. The molecule has 0 saturated heterocycles. The third kappa shape index (κ3) is 4.08. The number of Topliss-reactive ketones (excluding diaryl/α,β-unsaturated/α-hetero) is 1. The highest BCUT2D eigenvalue weighted by Crippen LogP contribution is 2.61. The summed E-state index contributed by atoms with van der Waals surface area (Å²) in [4.78, 5) is 36.7. The van der Waals surface area contributed by atoms with Crippen LogP contribution in [0.3, 0.4) is 0 Å². The minimum absolute atomic E-state index is 0.123. The Balaban J connectivity index is 1.38. The molecule has 0 unspecified atom stereocenters. The van der Waals surface area contributed by atoms with E-state index in [1.165, 1.54) is 6.08 Å². The molecule has 2 aromatic carbocycles. The predicted octanol–water partition coefficient (Wildman–Crippen LogP) is 4.01. The first-order chi connectivity index (χ1) is 16.4. The van der Waals surface area contributed by atoms with Crippen molar-refractivity contribution < 1.29 is 24.2 Å². The molecule has 2 atom stereocenters. The number of ether oxygens (including phenoxy) is 1. The zero-order valence-corrected chi connectivity index (χ0v) is 18.5. The van der Waals surface area contributed by atoms with Gasteiger partial charge < -0.3 is 15.2 Å². The van der Waals surface area contributed by atoms with Crippen LogP contribution in [0.25, 0.3) is 0 Å². The number of amides is 1. The summed E-state index contributed by atoms with van der Waals surface area (Å²) in [5.41, 5.74) is 2.90. The topological polar surface area (TPSA) is 116 Å². The van der Waals surface area contributed by atoms with Crippen LogP contribution in [-0.2, 0) is 21.4 Å². The highest BCUT2D eigenvalue weighted by molar-refractivity contribution is 6.00. The van der Waals surface area contributed by atoms with Crippen LogP contribution >= 0.6 is 0 Å². The number of aliphatic carboxylic acids is 1. The first-order valence-electron chi connectivity index (χ1n) is 11.5. The van der Waals surface area contributed by atoms with Crippen LogP contribution in [0.1, 0.15) is 52.7 Å². The fourth-order valence-corrected chi connectivity index (χ4v) is 4.93. The van der Waals surface area contributed by atoms with E-state index in [1.807, 2.05) is 18.2 Å². The maximum Gasteiger partial charge on any atom is 0.327 e. The summed E-state index contributed by atoms with van der Waals surface area (Å²) in [6, 6.07) is 12.6.